The van der Waals surface area contributed by atoms with Gasteiger partial charge in [0, 0.05) is 12.2 Å². The van der Waals surface area contributed by atoms with Crippen molar-refractivity contribution in [3.63, 3.8) is 0 Å². The molecule has 1 aliphatic rings. The Labute approximate surface area is 143 Å². The highest BCUT2D eigenvalue weighted by atomic mass is 32.2. The Morgan fingerprint density at radius 1 is 0.958 bits per heavy atom. The number of aromatic nitrogens is 3. The average Bonchev–Trinajstić information content (AvgIpc) is 2.65. The van der Waals surface area contributed by atoms with Crippen LogP contribution in [0.15, 0.2) is 75.7 Å². The van der Waals surface area contributed by atoms with E-state index in [1.807, 2.05) is 60.7 Å². The van der Waals surface area contributed by atoms with E-state index in [2.05, 4.69) is 15.3 Å². The van der Waals surface area contributed by atoms with Crippen LogP contribution >= 0.6 is 11.8 Å². The van der Waals surface area contributed by atoms with Gasteiger partial charge in [0.25, 0.3) is 5.56 Å². The van der Waals surface area contributed by atoms with E-state index in [-0.39, 0.29) is 5.56 Å². The summed E-state index contributed by atoms with van der Waals surface area (Å²) < 4.78 is 1.38. The van der Waals surface area contributed by atoms with Gasteiger partial charge in [0.05, 0.1) is 5.71 Å². The van der Waals surface area contributed by atoms with Gasteiger partial charge in [-0.25, -0.2) is 0 Å². The van der Waals surface area contributed by atoms with E-state index < -0.39 is 0 Å². The fourth-order valence-corrected chi connectivity index (χ4v) is 3.36. The maximum atomic E-state index is 12.7. The minimum atomic E-state index is -0.204. The lowest BCUT2D eigenvalue weighted by molar-refractivity contribution is 0.622. The molecule has 0 saturated carbocycles. The number of hydrogen-bond donors (Lipinski definition) is 0. The van der Waals surface area contributed by atoms with Gasteiger partial charge >= 0.3 is 0 Å². The van der Waals surface area contributed by atoms with Crippen LogP contribution in [0.4, 0.5) is 0 Å². The lowest BCUT2D eigenvalue weighted by Gasteiger charge is -2.15. The lowest BCUT2D eigenvalue weighted by atomic mass is 10.1. The number of thioether (sulfide) groups is 1. The summed E-state index contributed by atoms with van der Waals surface area (Å²) in [5, 5.41) is 13.3. The fourth-order valence-electron chi connectivity index (χ4n) is 2.53. The molecule has 0 fully saturated rings. The van der Waals surface area contributed by atoms with Crippen molar-refractivity contribution in [2.75, 3.05) is 5.75 Å². The summed E-state index contributed by atoms with van der Waals surface area (Å²) in [6, 6.07) is 19.7. The number of benzene rings is 2. The second-order valence-electron chi connectivity index (χ2n) is 5.41. The van der Waals surface area contributed by atoms with Gasteiger partial charge in [-0.1, -0.05) is 72.4 Å². The van der Waals surface area contributed by atoms with E-state index in [0.717, 1.165) is 16.8 Å². The first-order valence-electron chi connectivity index (χ1n) is 7.60. The van der Waals surface area contributed by atoms with E-state index in [0.29, 0.717) is 23.0 Å². The minimum Gasteiger partial charge on any atom is -0.265 e. The second-order valence-corrected chi connectivity index (χ2v) is 6.35. The maximum absolute atomic E-state index is 12.7. The number of hydrogen-bond acceptors (Lipinski definition) is 5. The Bertz CT molecular complexity index is 952. The van der Waals surface area contributed by atoms with Crippen LogP contribution in [0.2, 0.25) is 0 Å². The third kappa shape index (κ3) is 2.88. The molecule has 24 heavy (non-hydrogen) atoms. The van der Waals surface area contributed by atoms with Crippen molar-refractivity contribution in [2.24, 2.45) is 5.10 Å². The van der Waals surface area contributed by atoms with Crippen molar-refractivity contribution in [1.29, 1.82) is 0 Å². The van der Waals surface area contributed by atoms with Crippen molar-refractivity contribution in [3.8, 4) is 0 Å². The van der Waals surface area contributed by atoms with Gasteiger partial charge in [-0.3, -0.25) is 4.79 Å². The molecule has 0 aliphatic carbocycles. The molecule has 0 radical (unpaired) electrons. The van der Waals surface area contributed by atoms with E-state index in [4.69, 9.17) is 0 Å². The van der Waals surface area contributed by atoms with Crippen molar-refractivity contribution in [2.45, 2.75) is 11.6 Å². The highest BCUT2D eigenvalue weighted by molar-refractivity contribution is 7.99. The molecule has 0 atom stereocenters. The number of rotatable bonds is 3. The largest absolute Gasteiger partial charge is 0.297 e. The van der Waals surface area contributed by atoms with Crippen LogP contribution in [0.25, 0.3) is 0 Å². The number of nitrogens with zero attached hydrogens (tertiary/aromatic N) is 4. The molecule has 2 aromatic carbocycles. The molecule has 2 heterocycles. The van der Waals surface area contributed by atoms with Crippen molar-refractivity contribution < 1.29 is 0 Å². The minimum absolute atomic E-state index is 0.204. The molecule has 1 aliphatic heterocycles. The van der Waals surface area contributed by atoms with Crippen molar-refractivity contribution in [1.82, 2.24) is 14.9 Å². The molecule has 4 rings (SSSR count). The summed E-state index contributed by atoms with van der Waals surface area (Å²) in [5.74, 6) is 0.677. The zero-order valence-electron chi connectivity index (χ0n) is 12.8. The summed E-state index contributed by atoms with van der Waals surface area (Å²) in [4.78, 5) is 12.7. The van der Waals surface area contributed by atoms with Crippen LogP contribution in [-0.2, 0) is 6.42 Å². The van der Waals surface area contributed by atoms with Gasteiger partial charge in [0.15, 0.2) is 0 Å². The quantitative estimate of drug-likeness (QED) is 0.739. The average molecular weight is 334 g/mol. The summed E-state index contributed by atoms with van der Waals surface area (Å²) in [6.07, 6.45) is 0.452. The molecular weight excluding hydrogens is 320 g/mol. The monoisotopic (exact) mass is 334 g/mol. The smallest absolute Gasteiger partial charge is 0.265 e. The fraction of sp³-hybridized carbons (Fsp3) is 0.111. The molecule has 0 unspecified atom stereocenters. The predicted molar refractivity (Wildman–Crippen MR) is 94.6 cm³/mol. The Hall–Kier alpha value is -2.73. The maximum Gasteiger partial charge on any atom is 0.297 e. The van der Waals surface area contributed by atoms with Gasteiger partial charge in [0.2, 0.25) is 5.16 Å². The highest BCUT2D eigenvalue weighted by Gasteiger charge is 2.19. The molecule has 0 spiro atoms. The van der Waals surface area contributed by atoms with Crippen LogP contribution in [0, 0.1) is 0 Å². The molecular formula is C18H14N4OS. The summed E-state index contributed by atoms with van der Waals surface area (Å²) in [7, 11) is 0. The van der Waals surface area contributed by atoms with E-state index >= 15 is 0 Å². The molecule has 6 heteroatoms. The van der Waals surface area contributed by atoms with E-state index in [1.165, 1.54) is 16.4 Å². The predicted octanol–water partition coefficient (Wildman–Crippen LogP) is 2.59. The standard InChI is InChI=1S/C18H14N4OS/c23-17-15(11-13-7-3-1-4-8-13)19-20-18-22(17)21-16(12-24-18)14-9-5-2-6-10-14/h1-10H,11-12H2. The molecule has 0 N–H and O–H groups in total. The van der Waals surface area contributed by atoms with Crippen LogP contribution in [0.5, 0.6) is 0 Å². The van der Waals surface area contributed by atoms with Crippen molar-refractivity contribution in [3.05, 3.63) is 87.8 Å². The van der Waals surface area contributed by atoms with Gasteiger partial charge in [-0.05, 0) is 11.1 Å². The highest BCUT2D eigenvalue weighted by Crippen LogP contribution is 2.21. The molecule has 0 bridgehead atoms. The van der Waals surface area contributed by atoms with Crippen molar-refractivity contribution >= 4 is 17.5 Å². The van der Waals surface area contributed by atoms with Gasteiger partial charge in [0.1, 0.15) is 5.69 Å². The van der Waals surface area contributed by atoms with Crippen LogP contribution < -0.4 is 5.56 Å². The summed E-state index contributed by atoms with van der Waals surface area (Å²) >= 11 is 1.48. The molecule has 1 aromatic heterocycles. The van der Waals surface area contributed by atoms with Crippen LogP contribution in [0.3, 0.4) is 0 Å². The van der Waals surface area contributed by atoms with E-state index in [9.17, 15) is 4.79 Å². The first kappa shape index (κ1) is 14.8. The first-order valence-corrected chi connectivity index (χ1v) is 8.58. The topological polar surface area (TPSA) is 60.1 Å². The van der Waals surface area contributed by atoms with Crippen LogP contribution in [0.1, 0.15) is 16.8 Å². The summed E-state index contributed by atoms with van der Waals surface area (Å²) in [6.45, 7) is 0. The molecule has 0 amide bonds. The zero-order valence-corrected chi connectivity index (χ0v) is 13.6. The molecule has 118 valence electrons. The molecule has 3 aromatic rings. The summed E-state index contributed by atoms with van der Waals surface area (Å²) in [5.41, 5.74) is 3.12. The molecule has 0 saturated heterocycles. The first-order chi connectivity index (χ1) is 11.8. The SMILES string of the molecule is O=c1c(Cc2ccccc2)nnc2n1N=C(c1ccccc1)CS2. The zero-order chi connectivity index (χ0) is 16.4. The Morgan fingerprint density at radius 2 is 1.67 bits per heavy atom. The second kappa shape index (κ2) is 6.41. The number of fused-ring (bicyclic) bond motifs is 1. The Morgan fingerprint density at radius 3 is 2.42 bits per heavy atom. The Kier molecular flexibility index (Phi) is 3.96. The lowest BCUT2D eigenvalue weighted by Crippen LogP contribution is -2.29. The Balaban J connectivity index is 1.74. The van der Waals surface area contributed by atoms with Crippen LogP contribution in [-0.4, -0.2) is 26.3 Å². The molecule has 5 nitrogen and oxygen atoms in total. The van der Waals surface area contributed by atoms with Gasteiger partial charge in [-0.2, -0.15) is 9.78 Å². The third-order valence-electron chi connectivity index (χ3n) is 3.76. The third-order valence-corrected chi connectivity index (χ3v) is 4.69. The van der Waals surface area contributed by atoms with Gasteiger partial charge in [-0.15, -0.1) is 10.2 Å². The van der Waals surface area contributed by atoms with Gasteiger partial charge < -0.3 is 0 Å². The van der Waals surface area contributed by atoms with E-state index in [1.54, 1.807) is 0 Å². The normalized spacial score (nSPS) is 13.2.